The average molecular weight is 275 g/mol. The Morgan fingerprint density at radius 2 is 1.90 bits per heavy atom. The van der Waals surface area contributed by atoms with Crippen LogP contribution in [-0.2, 0) is 13.0 Å². The molecule has 0 spiro atoms. The number of aromatic nitrogens is 3. The molecule has 1 aromatic heterocycles. The zero-order valence-corrected chi connectivity index (χ0v) is 11.8. The van der Waals surface area contributed by atoms with Crippen LogP contribution in [0.15, 0.2) is 24.5 Å². The van der Waals surface area contributed by atoms with Gasteiger partial charge in [0.15, 0.2) is 5.78 Å². The van der Waals surface area contributed by atoms with Crippen molar-refractivity contribution in [2.75, 3.05) is 14.2 Å². The number of ketones is 1. The summed E-state index contributed by atoms with van der Waals surface area (Å²) in [6, 6.07) is 5.25. The van der Waals surface area contributed by atoms with Crippen molar-refractivity contribution in [1.82, 2.24) is 14.8 Å². The summed E-state index contributed by atoms with van der Waals surface area (Å²) in [6.07, 6.45) is 1.61. The molecule has 1 aromatic carbocycles. The van der Waals surface area contributed by atoms with Crippen LogP contribution in [0.5, 0.6) is 11.5 Å². The number of benzene rings is 1. The van der Waals surface area contributed by atoms with Crippen molar-refractivity contribution in [3.05, 3.63) is 35.9 Å². The minimum Gasteiger partial charge on any atom is -0.496 e. The lowest BCUT2D eigenvalue weighted by molar-refractivity contribution is 0.0983. The summed E-state index contributed by atoms with van der Waals surface area (Å²) in [7, 11) is 3.06. The van der Waals surface area contributed by atoms with Crippen LogP contribution in [0.2, 0.25) is 0 Å². The van der Waals surface area contributed by atoms with E-state index in [-0.39, 0.29) is 12.2 Å². The van der Waals surface area contributed by atoms with E-state index in [9.17, 15) is 4.79 Å². The molecule has 0 unspecified atom stereocenters. The second-order valence-corrected chi connectivity index (χ2v) is 4.13. The van der Waals surface area contributed by atoms with Crippen molar-refractivity contribution in [2.45, 2.75) is 19.9 Å². The molecule has 1 heterocycles. The van der Waals surface area contributed by atoms with Gasteiger partial charge in [-0.2, -0.15) is 5.10 Å². The highest BCUT2D eigenvalue weighted by molar-refractivity contribution is 6.02. The molecule has 2 rings (SSSR count). The van der Waals surface area contributed by atoms with Gasteiger partial charge in [0.25, 0.3) is 0 Å². The predicted octanol–water partition coefficient (Wildman–Crippen LogP) is 1.74. The molecule has 6 nitrogen and oxygen atoms in total. The van der Waals surface area contributed by atoms with Gasteiger partial charge in [0, 0.05) is 6.54 Å². The number of aryl methyl sites for hydroxylation is 1. The summed E-state index contributed by atoms with van der Waals surface area (Å²) in [5.41, 5.74) is 0.433. The number of carbonyl (C=O) groups excluding carboxylic acids is 1. The fourth-order valence-electron chi connectivity index (χ4n) is 2.05. The number of hydrogen-bond donors (Lipinski definition) is 0. The van der Waals surface area contributed by atoms with Gasteiger partial charge in [0.1, 0.15) is 29.2 Å². The zero-order valence-electron chi connectivity index (χ0n) is 11.8. The first-order valence-corrected chi connectivity index (χ1v) is 6.32. The fourth-order valence-corrected chi connectivity index (χ4v) is 2.05. The molecule has 6 heteroatoms. The van der Waals surface area contributed by atoms with Crippen LogP contribution >= 0.6 is 0 Å². The predicted molar refractivity (Wildman–Crippen MR) is 73.3 cm³/mol. The summed E-state index contributed by atoms with van der Waals surface area (Å²) >= 11 is 0. The second-order valence-electron chi connectivity index (χ2n) is 4.13. The van der Waals surface area contributed by atoms with Crippen molar-refractivity contribution in [3.63, 3.8) is 0 Å². The average Bonchev–Trinajstić information content (AvgIpc) is 2.93. The molecule has 106 valence electrons. The van der Waals surface area contributed by atoms with Gasteiger partial charge in [0.2, 0.25) is 0 Å². The van der Waals surface area contributed by atoms with Crippen LogP contribution in [-0.4, -0.2) is 34.8 Å². The molecule has 0 aliphatic heterocycles. The Morgan fingerprint density at radius 3 is 2.45 bits per heavy atom. The van der Waals surface area contributed by atoms with Gasteiger partial charge in [0.05, 0.1) is 20.6 Å². The van der Waals surface area contributed by atoms with E-state index in [1.54, 1.807) is 22.9 Å². The molecule has 0 aliphatic rings. The number of carbonyl (C=O) groups is 1. The van der Waals surface area contributed by atoms with Crippen LogP contribution in [0, 0.1) is 0 Å². The maximum Gasteiger partial charge on any atom is 0.177 e. The Morgan fingerprint density at radius 1 is 1.25 bits per heavy atom. The van der Waals surface area contributed by atoms with Crippen LogP contribution in [0.1, 0.15) is 23.1 Å². The van der Waals surface area contributed by atoms with Gasteiger partial charge in [-0.3, -0.25) is 4.79 Å². The molecule has 0 N–H and O–H groups in total. The summed E-state index contributed by atoms with van der Waals surface area (Å²) in [5.74, 6) is 1.52. The Hall–Kier alpha value is -2.37. The lowest BCUT2D eigenvalue weighted by Gasteiger charge is -2.11. The minimum atomic E-state index is -0.109. The maximum atomic E-state index is 12.5. The third kappa shape index (κ3) is 2.64. The largest absolute Gasteiger partial charge is 0.496 e. The van der Waals surface area contributed by atoms with Gasteiger partial charge in [-0.15, -0.1) is 0 Å². The van der Waals surface area contributed by atoms with Crippen LogP contribution in [0.4, 0.5) is 0 Å². The monoisotopic (exact) mass is 275 g/mol. The number of hydrogen-bond acceptors (Lipinski definition) is 5. The van der Waals surface area contributed by atoms with E-state index < -0.39 is 0 Å². The second kappa shape index (κ2) is 6.18. The number of methoxy groups -OCH3 is 2. The molecule has 0 fully saturated rings. The van der Waals surface area contributed by atoms with Crippen LogP contribution < -0.4 is 9.47 Å². The van der Waals surface area contributed by atoms with E-state index in [2.05, 4.69) is 10.1 Å². The quantitative estimate of drug-likeness (QED) is 0.751. The standard InChI is InChI=1S/C14H17N3O3/c1-4-17-13(15-9-16-17)8-10(18)14-11(19-2)6-5-7-12(14)20-3/h5-7,9H,4,8H2,1-3H3. The third-order valence-electron chi connectivity index (χ3n) is 3.02. The van der Waals surface area contributed by atoms with Gasteiger partial charge >= 0.3 is 0 Å². The van der Waals surface area contributed by atoms with E-state index in [0.717, 1.165) is 0 Å². The fraction of sp³-hybridized carbons (Fsp3) is 0.357. The van der Waals surface area contributed by atoms with Crippen molar-refractivity contribution >= 4 is 5.78 Å². The van der Waals surface area contributed by atoms with E-state index in [0.29, 0.717) is 29.4 Å². The summed E-state index contributed by atoms with van der Waals surface area (Å²) in [4.78, 5) is 16.6. The van der Waals surface area contributed by atoms with E-state index >= 15 is 0 Å². The van der Waals surface area contributed by atoms with Crippen LogP contribution in [0.25, 0.3) is 0 Å². The Bertz CT molecular complexity index is 585. The molecular weight excluding hydrogens is 258 g/mol. The minimum absolute atomic E-state index is 0.109. The van der Waals surface area contributed by atoms with E-state index in [4.69, 9.17) is 9.47 Å². The smallest absolute Gasteiger partial charge is 0.177 e. The summed E-state index contributed by atoms with van der Waals surface area (Å²) in [6.45, 7) is 2.62. The molecule has 2 aromatic rings. The van der Waals surface area contributed by atoms with Gasteiger partial charge < -0.3 is 9.47 Å². The molecule has 20 heavy (non-hydrogen) atoms. The first kappa shape index (κ1) is 14.0. The highest BCUT2D eigenvalue weighted by Gasteiger charge is 2.20. The Labute approximate surface area is 117 Å². The molecule has 0 saturated carbocycles. The Balaban J connectivity index is 2.34. The SMILES string of the molecule is CCn1ncnc1CC(=O)c1c(OC)cccc1OC. The number of rotatable bonds is 6. The molecule has 0 aliphatic carbocycles. The van der Waals surface area contributed by atoms with Gasteiger partial charge in [-0.1, -0.05) is 6.07 Å². The van der Waals surface area contributed by atoms with Crippen molar-refractivity contribution in [3.8, 4) is 11.5 Å². The molecule has 0 saturated heterocycles. The molecule has 0 amide bonds. The highest BCUT2D eigenvalue weighted by atomic mass is 16.5. The van der Waals surface area contributed by atoms with E-state index in [1.165, 1.54) is 20.5 Å². The summed E-state index contributed by atoms with van der Waals surface area (Å²) < 4.78 is 12.2. The van der Waals surface area contributed by atoms with Crippen molar-refractivity contribution in [1.29, 1.82) is 0 Å². The molecule has 0 bridgehead atoms. The number of Topliss-reactive ketones (excluding diaryl/α,β-unsaturated/α-hetero) is 1. The molecule has 0 radical (unpaired) electrons. The number of ether oxygens (including phenoxy) is 2. The number of nitrogens with zero attached hydrogens (tertiary/aromatic N) is 3. The van der Waals surface area contributed by atoms with Gasteiger partial charge in [-0.05, 0) is 19.1 Å². The van der Waals surface area contributed by atoms with Crippen molar-refractivity contribution in [2.24, 2.45) is 0 Å². The first-order chi connectivity index (χ1) is 9.71. The summed E-state index contributed by atoms with van der Waals surface area (Å²) in [5, 5.41) is 4.06. The van der Waals surface area contributed by atoms with Crippen LogP contribution in [0.3, 0.4) is 0 Å². The van der Waals surface area contributed by atoms with Crippen molar-refractivity contribution < 1.29 is 14.3 Å². The highest BCUT2D eigenvalue weighted by Crippen LogP contribution is 2.29. The lowest BCUT2D eigenvalue weighted by Crippen LogP contribution is -2.12. The van der Waals surface area contributed by atoms with Gasteiger partial charge in [-0.25, -0.2) is 9.67 Å². The Kier molecular flexibility index (Phi) is 4.34. The van der Waals surface area contributed by atoms with E-state index in [1.807, 2.05) is 6.92 Å². The third-order valence-corrected chi connectivity index (χ3v) is 3.02. The zero-order chi connectivity index (χ0) is 14.5. The normalized spacial score (nSPS) is 10.3. The topological polar surface area (TPSA) is 66.2 Å². The first-order valence-electron chi connectivity index (χ1n) is 6.32. The lowest BCUT2D eigenvalue weighted by atomic mass is 10.1. The maximum absolute atomic E-state index is 12.5. The molecular formula is C14H17N3O3. The molecule has 0 atom stereocenters.